The molecule has 0 radical (unpaired) electrons. The number of amides is 2. The molecule has 1 heterocycles. The number of hydrogen-bond acceptors (Lipinski definition) is 2. The molecule has 0 unspecified atom stereocenters. The normalized spacial score (nSPS) is 17.2. The fourth-order valence-electron chi connectivity index (χ4n) is 3.34. The number of rotatable bonds is 0. The van der Waals surface area contributed by atoms with Gasteiger partial charge in [-0.1, -0.05) is 12.1 Å². The first-order valence-electron chi connectivity index (χ1n) is 6.58. The average Bonchev–Trinajstić information content (AvgIpc) is 2.45. The second-order valence-corrected chi connectivity index (χ2v) is 5.32. The Morgan fingerprint density at radius 3 is 1.89 bits per heavy atom. The summed E-state index contributed by atoms with van der Waals surface area (Å²) in [6, 6.07) is 7.85. The summed E-state index contributed by atoms with van der Waals surface area (Å²) >= 11 is 0. The zero-order valence-electron chi connectivity index (χ0n) is 10.7. The van der Waals surface area contributed by atoms with Crippen LogP contribution in [0.15, 0.2) is 24.3 Å². The quantitative estimate of drug-likeness (QED) is 0.675. The topological polar surface area (TPSA) is 37.4 Å². The highest BCUT2D eigenvalue weighted by atomic mass is 16.2. The summed E-state index contributed by atoms with van der Waals surface area (Å²) < 4.78 is 0. The first kappa shape index (κ1) is 10.7. The molecule has 0 bridgehead atoms. The van der Waals surface area contributed by atoms with Gasteiger partial charge in [0.15, 0.2) is 0 Å². The molecule has 94 valence electrons. The highest BCUT2D eigenvalue weighted by molar-refractivity contribution is 6.26. The predicted molar refractivity (Wildman–Crippen MR) is 72.4 cm³/mol. The van der Waals surface area contributed by atoms with E-state index in [9.17, 15) is 9.59 Å². The number of carbonyl (C=O) groups excluding carboxylic acids is 2. The van der Waals surface area contributed by atoms with Crippen molar-refractivity contribution < 1.29 is 9.59 Å². The Morgan fingerprint density at radius 1 is 0.842 bits per heavy atom. The minimum absolute atomic E-state index is 0.188. The molecule has 3 heteroatoms. The molecule has 3 nitrogen and oxygen atoms in total. The van der Waals surface area contributed by atoms with Gasteiger partial charge in [0.25, 0.3) is 11.8 Å². The number of carbonyl (C=O) groups is 2. The predicted octanol–water partition coefficient (Wildman–Crippen LogP) is 2.55. The summed E-state index contributed by atoms with van der Waals surface area (Å²) in [6.07, 6.45) is 3.21. The van der Waals surface area contributed by atoms with Crippen molar-refractivity contribution >= 4 is 22.6 Å². The zero-order valence-corrected chi connectivity index (χ0v) is 10.7. The van der Waals surface area contributed by atoms with Crippen molar-refractivity contribution in [3.63, 3.8) is 0 Å². The van der Waals surface area contributed by atoms with E-state index in [1.807, 2.05) is 24.3 Å². The molecule has 1 aliphatic carbocycles. The molecule has 2 aromatic carbocycles. The number of nitrogens with zero attached hydrogens (tertiary/aromatic N) is 1. The van der Waals surface area contributed by atoms with E-state index < -0.39 is 0 Å². The molecule has 4 rings (SSSR count). The van der Waals surface area contributed by atoms with Crippen LogP contribution >= 0.6 is 0 Å². The third-order valence-corrected chi connectivity index (χ3v) is 4.30. The Bertz CT molecular complexity index is 702. The molecule has 2 aromatic rings. The van der Waals surface area contributed by atoms with E-state index in [0.29, 0.717) is 11.1 Å². The minimum atomic E-state index is -0.188. The van der Waals surface area contributed by atoms with Crippen LogP contribution in [0, 0.1) is 0 Å². The molecule has 0 saturated heterocycles. The fraction of sp³-hybridized carbons (Fsp3) is 0.250. The van der Waals surface area contributed by atoms with Gasteiger partial charge in [0.2, 0.25) is 0 Å². The second kappa shape index (κ2) is 3.44. The van der Waals surface area contributed by atoms with E-state index in [-0.39, 0.29) is 11.8 Å². The molecule has 0 aromatic heterocycles. The summed E-state index contributed by atoms with van der Waals surface area (Å²) in [4.78, 5) is 25.7. The molecule has 19 heavy (non-hydrogen) atoms. The lowest BCUT2D eigenvalue weighted by atomic mass is 9.83. The van der Waals surface area contributed by atoms with Crippen LogP contribution in [0.3, 0.4) is 0 Å². The van der Waals surface area contributed by atoms with Gasteiger partial charge in [-0.25, -0.2) is 0 Å². The lowest BCUT2D eigenvalue weighted by Crippen LogP contribution is -2.37. The highest BCUT2D eigenvalue weighted by Gasteiger charge is 2.31. The van der Waals surface area contributed by atoms with Crippen LogP contribution < -0.4 is 0 Å². The Balaban J connectivity index is 2.22. The van der Waals surface area contributed by atoms with Crippen molar-refractivity contribution in [3.05, 3.63) is 46.5 Å². The summed E-state index contributed by atoms with van der Waals surface area (Å²) in [7, 11) is 1.55. The van der Waals surface area contributed by atoms with Crippen molar-refractivity contribution in [1.29, 1.82) is 0 Å². The van der Waals surface area contributed by atoms with Crippen LogP contribution in [0.2, 0.25) is 0 Å². The molecular formula is C16H13NO2. The zero-order chi connectivity index (χ0) is 13.1. The number of aryl methyl sites for hydroxylation is 2. The standard InChI is InChI=1S/C16H13NO2/c1-17-15(18)11-7-5-9-3-2-4-10-6-8-12(16(17)19)14(11)13(9)10/h5-8H,2-4H2,1H3. The molecule has 0 spiro atoms. The van der Waals surface area contributed by atoms with E-state index >= 15 is 0 Å². The van der Waals surface area contributed by atoms with Crippen molar-refractivity contribution in [2.24, 2.45) is 0 Å². The van der Waals surface area contributed by atoms with E-state index in [1.54, 1.807) is 7.05 Å². The van der Waals surface area contributed by atoms with Gasteiger partial charge in [0.05, 0.1) is 0 Å². The molecular weight excluding hydrogens is 238 g/mol. The van der Waals surface area contributed by atoms with Gasteiger partial charge in [-0.2, -0.15) is 0 Å². The molecule has 0 atom stereocenters. The Kier molecular flexibility index (Phi) is 1.94. The Morgan fingerprint density at radius 2 is 1.37 bits per heavy atom. The highest BCUT2D eigenvalue weighted by Crippen LogP contribution is 2.37. The van der Waals surface area contributed by atoms with Gasteiger partial charge >= 0.3 is 0 Å². The minimum Gasteiger partial charge on any atom is -0.277 e. The molecule has 2 amide bonds. The van der Waals surface area contributed by atoms with Gasteiger partial charge in [0.1, 0.15) is 0 Å². The van der Waals surface area contributed by atoms with Crippen molar-refractivity contribution in [2.75, 3.05) is 7.05 Å². The Labute approximate surface area is 110 Å². The maximum atomic E-state index is 12.2. The number of hydrogen-bond donors (Lipinski definition) is 0. The number of benzene rings is 2. The molecule has 2 aliphatic rings. The van der Waals surface area contributed by atoms with Crippen molar-refractivity contribution in [2.45, 2.75) is 19.3 Å². The van der Waals surface area contributed by atoms with E-state index in [1.165, 1.54) is 16.0 Å². The van der Waals surface area contributed by atoms with Gasteiger partial charge in [-0.3, -0.25) is 14.5 Å². The van der Waals surface area contributed by atoms with Gasteiger partial charge < -0.3 is 0 Å². The van der Waals surface area contributed by atoms with Crippen LogP contribution in [0.25, 0.3) is 10.8 Å². The lowest BCUT2D eigenvalue weighted by molar-refractivity contribution is 0.0650. The van der Waals surface area contributed by atoms with Crippen molar-refractivity contribution in [1.82, 2.24) is 4.90 Å². The second-order valence-electron chi connectivity index (χ2n) is 5.32. The summed E-state index contributed by atoms with van der Waals surface area (Å²) in [6.45, 7) is 0. The first-order chi connectivity index (χ1) is 9.18. The summed E-state index contributed by atoms with van der Waals surface area (Å²) in [5.74, 6) is -0.376. The van der Waals surface area contributed by atoms with Crippen LogP contribution in [-0.4, -0.2) is 23.8 Å². The Hall–Kier alpha value is -2.16. The third-order valence-electron chi connectivity index (χ3n) is 4.30. The maximum Gasteiger partial charge on any atom is 0.261 e. The largest absolute Gasteiger partial charge is 0.277 e. The van der Waals surface area contributed by atoms with Crippen LogP contribution in [0.5, 0.6) is 0 Å². The van der Waals surface area contributed by atoms with Gasteiger partial charge in [0, 0.05) is 23.6 Å². The van der Waals surface area contributed by atoms with E-state index in [2.05, 4.69) is 0 Å². The van der Waals surface area contributed by atoms with Crippen molar-refractivity contribution in [3.8, 4) is 0 Å². The molecule has 0 N–H and O–H groups in total. The number of imide groups is 1. The van der Waals surface area contributed by atoms with Crippen LogP contribution in [0.1, 0.15) is 38.3 Å². The third kappa shape index (κ3) is 1.22. The molecule has 0 saturated carbocycles. The smallest absolute Gasteiger partial charge is 0.261 e. The first-order valence-corrected chi connectivity index (χ1v) is 6.58. The van der Waals surface area contributed by atoms with Crippen LogP contribution in [0.4, 0.5) is 0 Å². The van der Waals surface area contributed by atoms with E-state index in [4.69, 9.17) is 0 Å². The summed E-state index contributed by atoms with van der Waals surface area (Å²) in [5.41, 5.74) is 3.87. The fourth-order valence-corrected chi connectivity index (χ4v) is 3.34. The monoisotopic (exact) mass is 251 g/mol. The average molecular weight is 251 g/mol. The van der Waals surface area contributed by atoms with E-state index in [0.717, 1.165) is 30.0 Å². The lowest BCUT2D eigenvalue weighted by Gasteiger charge is -2.27. The summed E-state index contributed by atoms with van der Waals surface area (Å²) in [5, 5.41) is 2.03. The molecule has 1 aliphatic heterocycles. The SMILES string of the molecule is CN1C(=O)c2ccc3c4c(ccc(c24)C1=O)CCC3. The maximum absolute atomic E-state index is 12.2. The van der Waals surface area contributed by atoms with Crippen LogP contribution in [-0.2, 0) is 12.8 Å². The van der Waals surface area contributed by atoms with Gasteiger partial charge in [-0.15, -0.1) is 0 Å². The van der Waals surface area contributed by atoms with Gasteiger partial charge in [-0.05, 0) is 47.9 Å². The molecule has 0 fully saturated rings.